The number of carbonyl (C=O) groups is 1. The number of benzene rings is 1. The Balaban J connectivity index is 3.60. The van der Waals surface area contributed by atoms with Crippen molar-refractivity contribution in [3.8, 4) is 11.8 Å². The zero-order chi connectivity index (χ0) is 13.9. The molecule has 0 saturated carbocycles. The van der Waals surface area contributed by atoms with Gasteiger partial charge in [0.15, 0.2) is 11.9 Å². The molecular formula is C10H8N2O6. The van der Waals surface area contributed by atoms with Crippen molar-refractivity contribution in [2.75, 3.05) is 7.11 Å². The average Bonchev–Trinajstić information content (AvgIpc) is 2.35. The van der Waals surface area contributed by atoms with E-state index in [9.17, 15) is 20.0 Å². The minimum atomic E-state index is -2.10. The third kappa shape index (κ3) is 2.36. The van der Waals surface area contributed by atoms with Crippen LogP contribution in [0.3, 0.4) is 0 Å². The van der Waals surface area contributed by atoms with E-state index in [0.29, 0.717) is 0 Å². The summed E-state index contributed by atoms with van der Waals surface area (Å²) in [6.07, 6.45) is -2.10. The minimum absolute atomic E-state index is 0.0484. The molecule has 0 radical (unpaired) electrons. The fraction of sp³-hybridized carbons (Fsp3) is 0.200. The molecule has 94 valence electrons. The Morgan fingerprint density at radius 2 is 2.22 bits per heavy atom. The van der Waals surface area contributed by atoms with Gasteiger partial charge in [-0.1, -0.05) is 0 Å². The van der Waals surface area contributed by atoms with Crippen molar-refractivity contribution in [1.29, 1.82) is 5.26 Å². The number of ether oxygens (including phenoxy) is 1. The van der Waals surface area contributed by atoms with Crippen LogP contribution in [0.4, 0.5) is 5.69 Å². The largest absolute Gasteiger partial charge is 0.490 e. The van der Waals surface area contributed by atoms with Crippen LogP contribution < -0.4 is 4.74 Å². The number of aliphatic carboxylic acids is 1. The number of aliphatic hydroxyl groups is 1. The molecule has 0 aromatic heterocycles. The average molecular weight is 252 g/mol. The molecule has 1 aromatic carbocycles. The standard InChI is InChI=1S/C10H8N2O6/c1-18-7-3-5(4-11)2-6(8(7)12(16)17)9(13)10(14)15/h2-3,9,13H,1H3,(H,14,15). The van der Waals surface area contributed by atoms with Gasteiger partial charge in [0.1, 0.15) is 0 Å². The van der Waals surface area contributed by atoms with Crippen molar-refractivity contribution in [3.05, 3.63) is 33.4 Å². The number of nitriles is 1. The van der Waals surface area contributed by atoms with E-state index in [4.69, 9.17) is 15.1 Å². The van der Waals surface area contributed by atoms with Crippen LogP contribution in [0.15, 0.2) is 12.1 Å². The number of nitro benzene ring substituents is 1. The summed E-state index contributed by atoms with van der Waals surface area (Å²) in [7, 11) is 1.14. The van der Waals surface area contributed by atoms with E-state index < -0.39 is 28.2 Å². The number of methoxy groups -OCH3 is 1. The van der Waals surface area contributed by atoms with E-state index in [1.807, 2.05) is 0 Å². The molecule has 0 bridgehead atoms. The maximum absolute atomic E-state index is 10.9. The summed E-state index contributed by atoms with van der Waals surface area (Å²) in [5, 5.41) is 37.7. The summed E-state index contributed by atoms with van der Waals surface area (Å²) in [6, 6.07) is 3.73. The molecule has 0 spiro atoms. The van der Waals surface area contributed by atoms with Crippen LogP contribution in [0.2, 0.25) is 0 Å². The van der Waals surface area contributed by atoms with Gasteiger partial charge in [-0.05, 0) is 6.07 Å². The Hall–Kier alpha value is -2.66. The Bertz CT molecular complexity index is 548. The van der Waals surface area contributed by atoms with Crippen LogP contribution in [0.5, 0.6) is 5.75 Å². The van der Waals surface area contributed by atoms with E-state index in [-0.39, 0.29) is 11.3 Å². The number of carboxylic acid groups (broad SMARTS) is 1. The topological polar surface area (TPSA) is 134 Å². The van der Waals surface area contributed by atoms with Gasteiger partial charge < -0.3 is 14.9 Å². The van der Waals surface area contributed by atoms with Crippen LogP contribution in [-0.4, -0.2) is 28.2 Å². The van der Waals surface area contributed by atoms with Gasteiger partial charge in [-0.15, -0.1) is 0 Å². The van der Waals surface area contributed by atoms with E-state index in [0.717, 1.165) is 19.2 Å². The Morgan fingerprint density at radius 1 is 1.61 bits per heavy atom. The first-order valence-electron chi connectivity index (χ1n) is 4.59. The summed E-state index contributed by atoms with van der Waals surface area (Å²) in [4.78, 5) is 20.7. The van der Waals surface area contributed by atoms with Crippen LogP contribution in [-0.2, 0) is 4.79 Å². The van der Waals surface area contributed by atoms with Crippen molar-refractivity contribution >= 4 is 11.7 Å². The summed E-state index contributed by atoms with van der Waals surface area (Å²) in [5.74, 6) is -1.94. The van der Waals surface area contributed by atoms with Gasteiger partial charge in [0.05, 0.1) is 29.2 Å². The van der Waals surface area contributed by atoms with Crippen LogP contribution in [0.25, 0.3) is 0 Å². The molecule has 0 aliphatic heterocycles. The van der Waals surface area contributed by atoms with Crippen LogP contribution in [0, 0.1) is 21.4 Å². The number of hydrogen-bond acceptors (Lipinski definition) is 6. The number of carboxylic acids is 1. The molecule has 2 N–H and O–H groups in total. The second kappa shape index (κ2) is 5.11. The van der Waals surface area contributed by atoms with Crippen LogP contribution in [0.1, 0.15) is 17.2 Å². The number of nitro groups is 1. The van der Waals surface area contributed by atoms with Gasteiger partial charge in [-0.2, -0.15) is 5.26 Å². The predicted molar refractivity (Wildman–Crippen MR) is 57.0 cm³/mol. The third-order valence-corrected chi connectivity index (χ3v) is 2.16. The second-order valence-corrected chi connectivity index (χ2v) is 3.23. The highest BCUT2D eigenvalue weighted by atomic mass is 16.6. The first kappa shape index (κ1) is 13.4. The molecule has 1 rings (SSSR count). The van der Waals surface area contributed by atoms with E-state index in [1.165, 1.54) is 0 Å². The van der Waals surface area contributed by atoms with Crippen molar-refractivity contribution in [2.45, 2.75) is 6.10 Å². The summed E-state index contributed by atoms with van der Waals surface area (Å²) < 4.78 is 4.72. The van der Waals surface area contributed by atoms with E-state index in [2.05, 4.69) is 0 Å². The molecule has 0 fully saturated rings. The maximum Gasteiger partial charge on any atom is 0.337 e. The molecule has 0 aliphatic rings. The molecule has 0 amide bonds. The lowest BCUT2D eigenvalue weighted by atomic mass is 10.0. The quantitative estimate of drug-likeness (QED) is 0.591. The SMILES string of the molecule is COc1cc(C#N)cc(C(O)C(=O)O)c1[N+](=O)[O-]. The van der Waals surface area contributed by atoms with Gasteiger partial charge in [-0.25, -0.2) is 4.79 Å². The minimum Gasteiger partial charge on any atom is -0.490 e. The number of rotatable bonds is 4. The smallest absolute Gasteiger partial charge is 0.337 e. The summed E-state index contributed by atoms with van der Waals surface area (Å²) >= 11 is 0. The maximum atomic E-state index is 10.9. The molecule has 8 nitrogen and oxygen atoms in total. The molecule has 0 aliphatic carbocycles. The second-order valence-electron chi connectivity index (χ2n) is 3.23. The molecular weight excluding hydrogens is 244 g/mol. The number of nitrogens with zero attached hydrogens (tertiary/aromatic N) is 2. The first-order chi connectivity index (χ1) is 8.42. The molecule has 18 heavy (non-hydrogen) atoms. The monoisotopic (exact) mass is 252 g/mol. The molecule has 0 saturated heterocycles. The fourth-order valence-corrected chi connectivity index (χ4v) is 1.39. The number of aliphatic hydroxyl groups excluding tert-OH is 1. The normalized spacial score (nSPS) is 11.4. The third-order valence-electron chi connectivity index (χ3n) is 2.16. The Kier molecular flexibility index (Phi) is 3.81. The van der Waals surface area contributed by atoms with Crippen molar-refractivity contribution in [1.82, 2.24) is 0 Å². The van der Waals surface area contributed by atoms with Gasteiger partial charge in [0.2, 0.25) is 0 Å². The lowest BCUT2D eigenvalue weighted by Gasteiger charge is -2.10. The summed E-state index contributed by atoms with van der Waals surface area (Å²) in [5.41, 5.74) is -1.22. The molecule has 1 unspecified atom stereocenters. The lowest BCUT2D eigenvalue weighted by Crippen LogP contribution is -2.13. The molecule has 0 heterocycles. The molecule has 1 atom stereocenters. The highest BCUT2D eigenvalue weighted by Crippen LogP contribution is 2.35. The zero-order valence-corrected chi connectivity index (χ0v) is 9.15. The van der Waals surface area contributed by atoms with Gasteiger partial charge in [0, 0.05) is 6.07 Å². The van der Waals surface area contributed by atoms with Crippen molar-refractivity contribution in [2.24, 2.45) is 0 Å². The van der Waals surface area contributed by atoms with E-state index >= 15 is 0 Å². The van der Waals surface area contributed by atoms with Crippen LogP contribution >= 0.6 is 0 Å². The van der Waals surface area contributed by atoms with Gasteiger partial charge >= 0.3 is 11.7 Å². The molecule has 8 heteroatoms. The Labute approximate surface area is 101 Å². The Morgan fingerprint density at radius 3 is 2.61 bits per heavy atom. The lowest BCUT2D eigenvalue weighted by molar-refractivity contribution is -0.387. The highest BCUT2D eigenvalue weighted by molar-refractivity contribution is 5.77. The molecule has 1 aromatic rings. The zero-order valence-electron chi connectivity index (χ0n) is 9.15. The highest BCUT2D eigenvalue weighted by Gasteiger charge is 2.30. The fourth-order valence-electron chi connectivity index (χ4n) is 1.39. The number of hydrogen-bond donors (Lipinski definition) is 2. The van der Waals surface area contributed by atoms with Crippen molar-refractivity contribution in [3.63, 3.8) is 0 Å². The van der Waals surface area contributed by atoms with E-state index in [1.54, 1.807) is 6.07 Å². The van der Waals surface area contributed by atoms with Gasteiger partial charge in [-0.3, -0.25) is 10.1 Å². The first-order valence-corrected chi connectivity index (χ1v) is 4.59. The van der Waals surface area contributed by atoms with Gasteiger partial charge in [0.25, 0.3) is 0 Å². The predicted octanol–water partition coefficient (Wildman–Crippen LogP) is 0.593. The van der Waals surface area contributed by atoms with Crippen molar-refractivity contribution < 1.29 is 24.7 Å². The summed E-state index contributed by atoms with van der Waals surface area (Å²) in [6.45, 7) is 0.